The molecule has 10 N–H and O–H groups in total. The Bertz CT molecular complexity index is 2800. The van der Waals surface area contributed by atoms with Gasteiger partial charge >= 0.3 is 5.97 Å². The van der Waals surface area contributed by atoms with Crippen molar-refractivity contribution in [3.05, 3.63) is 114 Å². The van der Waals surface area contributed by atoms with Gasteiger partial charge in [-0.2, -0.15) is 11.8 Å². The lowest BCUT2D eigenvalue weighted by atomic mass is 9.83. The van der Waals surface area contributed by atoms with E-state index >= 15 is 4.39 Å². The third-order valence-corrected chi connectivity index (χ3v) is 13.1. The molecule has 0 saturated heterocycles. The van der Waals surface area contributed by atoms with Crippen molar-refractivity contribution in [2.24, 2.45) is 11.1 Å². The third kappa shape index (κ3) is 22.3. The highest BCUT2D eigenvalue weighted by Crippen LogP contribution is 2.41. The molecule has 80 heavy (non-hydrogen) atoms. The lowest BCUT2D eigenvalue weighted by Gasteiger charge is -2.41. The molecule has 0 aliphatic rings. The van der Waals surface area contributed by atoms with Crippen LogP contribution in [-0.2, 0) is 60.9 Å². The van der Waals surface area contributed by atoms with Gasteiger partial charge in [-0.25, -0.2) is 8.78 Å². The number of nitrogens with two attached hydrogens (primary N) is 1. The molecule has 4 rings (SSSR count). The van der Waals surface area contributed by atoms with E-state index in [9.17, 15) is 52.3 Å². The first-order valence-corrected chi connectivity index (χ1v) is 27.0. The molecule has 0 spiro atoms. The van der Waals surface area contributed by atoms with Crippen LogP contribution in [0.3, 0.4) is 0 Å². The Labute approximate surface area is 466 Å². The van der Waals surface area contributed by atoms with Gasteiger partial charge in [0.05, 0.1) is 37.6 Å². The van der Waals surface area contributed by atoms with Crippen molar-refractivity contribution in [1.82, 2.24) is 51.7 Å². The number of primary amides is 1. The standard InChI is InChI=1S/C55H71F2N11O11S/c1-34(64-47(72)26-36-16-20-59-21-17-36)52(77)65-35(2)53(78)66-42(29-44(58)69)54(79)62-19-9-24-68(49(74)33-80-25-18-46(71)60-22-23-61-48(73)30-63-45(70)14-15-50(75)76)51(55(3,4)5)43-27-38(40-28-39(56)12-13-41(40)57)32-67(43)31-37-10-7-6-8-11-37/h6-8,10-13,16-17,20-21,27-28,32,34-35,42,51H,9,14-15,18-19,22-26,29-31,33H2,1-5H3,(H2,58,69)(H,60,71)(H,61,73)(H,62,79)(H,63,70)(H,64,72)(H,65,77)(H,66,78)(H,75,76)/t34-,35+,42-,51-/m0/s1. The molecule has 25 heteroatoms. The van der Waals surface area contributed by atoms with E-state index < -0.39 is 95.0 Å². The number of carbonyl (C=O) groups excluding carboxylic acids is 9. The highest BCUT2D eigenvalue weighted by molar-refractivity contribution is 7.99. The number of amides is 9. The summed E-state index contributed by atoms with van der Waals surface area (Å²) in [6, 6.07) is 13.1. The number of nitrogens with one attached hydrogen (secondary N) is 7. The minimum Gasteiger partial charge on any atom is -0.481 e. The van der Waals surface area contributed by atoms with Crippen LogP contribution in [0.15, 0.2) is 85.3 Å². The maximum atomic E-state index is 15.4. The molecule has 0 fully saturated rings. The summed E-state index contributed by atoms with van der Waals surface area (Å²) in [5.74, 6) is -7.88. The molecule has 4 atom stereocenters. The number of nitrogens with zero attached hydrogens (tertiary/aromatic N) is 3. The Morgan fingerprint density at radius 3 is 2.04 bits per heavy atom. The Balaban J connectivity index is 1.48. The number of aliphatic carboxylic acids is 1. The smallest absolute Gasteiger partial charge is 0.303 e. The van der Waals surface area contributed by atoms with Gasteiger partial charge in [0.2, 0.25) is 53.2 Å². The zero-order chi connectivity index (χ0) is 58.9. The van der Waals surface area contributed by atoms with Gasteiger partial charge in [0.25, 0.3) is 0 Å². The number of pyridine rings is 1. The van der Waals surface area contributed by atoms with E-state index in [0.717, 1.165) is 23.8 Å². The van der Waals surface area contributed by atoms with Crippen molar-refractivity contribution in [3.8, 4) is 11.1 Å². The van der Waals surface area contributed by atoms with Crippen LogP contribution < -0.4 is 43.0 Å². The molecule has 0 saturated carbocycles. The van der Waals surface area contributed by atoms with E-state index in [-0.39, 0.29) is 100 Å². The van der Waals surface area contributed by atoms with Gasteiger partial charge in [-0.05, 0) is 73.2 Å². The van der Waals surface area contributed by atoms with Gasteiger partial charge < -0.3 is 57.5 Å². The molecule has 2 heterocycles. The van der Waals surface area contributed by atoms with Crippen LogP contribution in [0.2, 0.25) is 0 Å². The second-order valence-corrected chi connectivity index (χ2v) is 21.0. The number of benzene rings is 2. The quantitative estimate of drug-likeness (QED) is 0.0318. The van der Waals surface area contributed by atoms with E-state index in [1.165, 1.54) is 38.0 Å². The van der Waals surface area contributed by atoms with Crippen molar-refractivity contribution in [2.45, 2.75) is 104 Å². The Morgan fingerprint density at radius 2 is 1.38 bits per heavy atom. The molecule has 22 nitrogen and oxygen atoms in total. The van der Waals surface area contributed by atoms with Gasteiger partial charge in [0.1, 0.15) is 29.8 Å². The van der Waals surface area contributed by atoms with Gasteiger partial charge in [0.15, 0.2) is 0 Å². The van der Waals surface area contributed by atoms with E-state index in [1.807, 2.05) is 55.7 Å². The summed E-state index contributed by atoms with van der Waals surface area (Å²) in [7, 11) is 0. The zero-order valence-corrected chi connectivity index (χ0v) is 46.2. The number of carboxylic acids is 1. The van der Waals surface area contributed by atoms with E-state index in [4.69, 9.17) is 10.8 Å². The van der Waals surface area contributed by atoms with Crippen molar-refractivity contribution >= 4 is 70.9 Å². The van der Waals surface area contributed by atoms with E-state index in [1.54, 1.807) is 29.3 Å². The van der Waals surface area contributed by atoms with Gasteiger partial charge in [-0.15, -0.1) is 0 Å². The number of thioether (sulfide) groups is 1. The highest BCUT2D eigenvalue weighted by atomic mass is 32.2. The van der Waals surface area contributed by atoms with Crippen LogP contribution >= 0.6 is 11.8 Å². The number of carbonyl (C=O) groups is 10. The summed E-state index contributed by atoms with van der Waals surface area (Å²) in [6.45, 7) is 8.50. The van der Waals surface area contributed by atoms with Gasteiger partial charge in [0, 0.05) is 86.7 Å². The fourth-order valence-corrected chi connectivity index (χ4v) is 9.01. The van der Waals surface area contributed by atoms with Crippen molar-refractivity contribution < 1.29 is 61.8 Å². The van der Waals surface area contributed by atoms with E-state index in [0.29, 0.717) is 16.8 Å². The second-order valence-electron chi connectivity index (χ2n) is 19.8. The SMILES string of the molecule is C[C@H](NC(=O)Cc1ccncc1)C(=O)N[C@H](C)C(=O)N[C@@H](CC(N)=O)C(=O)NCCCN(C(=O)CSCCC(=O)NCCNC(=O)CNC(=O)CCC(=O)O)[C@@H](c1cc(-c2cc(F)ccc2F)cn1Cc1ccccc1)C(C)(C)C. The number of aromatic nitrogens is 2. The number of halogens is 2. The van der Waals surface area contributed by atoms with Crippen molar-refractivity contribution in [3.63, 3.8) is 0 Å². The lowest BCUT2D eigenvalue weighted by molar-refractivity contribution is -0.139. The Kier molecular flexibility index (Phi) is 25.7. The van der Waals surface area contributed by atoms with Crippen LogP contribution in [0.4, 0.5) is 8.78 Å². The fourth-order valence-electron chi connectivity index (χ4n) is 8.20. The monoisotopic (exact) mass is 1130 g/mol. The minimum absolute atomic E-state index is 0.00180. The second kappa shape index (κ2) is 32.0. The molecule has 432 valence electrons. The van der Waals surface area contributed by atoms with E-state index in [2.05, 4.69) is 42.2 Å². The fraction of sp³-hybridized carbons (Fsp3) is 0.436. The first kappa shape index (κ1) is 64.3. The minimum atomic E-state index is -1.47. The van der Waals surface area contributed by atoms with Crippen LogP contribution in [0.25, 0.3) is 11.1 Å². The molecule has 0 radical (unpaired) electrons. The van der Waals surface area contributed by atoms with Gasteiger partial charge in [-0.3, -0.25) is 52.9 Å². The van der Waals surface area contributed by atoms with Crippen LogP contribution in [0.1, 0.15) is 89.6 Å². The van der Waals surface area contributed by atoms with Crippen LogP contribution in [0, 0.1) is 17.0 Å². The number of rotatable bonds is 32. The Hall–Kier alpha value is -8.22. The summed E-state index contributed by atoms with van der Waals surface area (Å²) in [6.07, 6.45) is 3.61. The lowest BCUT2D eigenvalue weighted by Crippen LogP contribution is -2.56. The summed E-state index contributed by atoms with van der Waals surface area (Å²) in [5, 5.41) is 26.4. The molecule has 0 unspecified atom stereocenters. The molecule has 4 aromatic rings. The van der Waals surface area contributed by atoms with Crippen LogP contribution in [-0.4, -0.2) is 141 Å². The maximum absolute atomic E-state index is 15.4. The normalized spacial score (nSPS) is 12.6. The number of hydrogen-bond donors (Lipinski definition) is 9. The summed E-state index contributed by atoms with van der Waals surface area (Å²) in [5.41, 5.74) is 7.25. The molecule has 0 aliphatic heterocycles. The first-order chi connectivity index (χ1) is 37.9. The number of carboxylic acid groups (broad SMARTS) is 1. The average Bonchev–Trinajstić information content (AvgIpc) is 3.83. The number of hydrogen-bond acceptors (Lipinski definition) is 12. The molecular formula is C55H71F2N11O11S. The predicted octanol–water partition coefficient (Wildman–Crippen LogP) is 2.25. The molecule has 0 bridgehead atoms. The molecule has 2 aromatic carbocycles. The summed E-state index contributed by atoms with van der Waals surface area (Å²) < 4.78 is 32.0. The van der Waals surface area contributed by atoms with Crippen LogP contribution in [0.5, 0.6) is 0 Å². The summed E-state index contributed by atoms with van der Waals surface area (Å²) >= 11 is 1.18. The van der Waals surface area contributed by atoms with Crippen molar-refractivity contribution in [2.75, 3.05) is 44.2 Å². The topological polar surface area (TPSA) is 322 Å². The Morgan fingerprint density at radius 1 is 0.725 bits per heavy atom. The summed E-state index contributed by atoms with van der Waals surface area (Å²) in [4.78, 5) is 132. The molecule has 2 aromatic heterocycles. The molecular weight excluding hydrogens is 1060 g/mol. The first-order valence-electron chi connectivity index (χ1n) is 25.8. The van der Waals surface area contributed by atoms with Crippen molar-refractivity contribution in [1.29, 1.82) is 0 Å². The maximum Gasteiger partial charge on any atom is 0.303 e. The predicted molar refractivity (Wildman–Crippen MR) is 294 cm³/mol. The molecule has 9 amide bonds. The zero-order valence-electron chi connectivity index (χ0n) is 45.4. The largest absolute Gasteiger partial charge is 0.481 e. The third-order valence-electron chi connectivity index (χ3n) is 12.1. The average molecular weight is 1130 g/mol. The molecule has 0 aliphatic carbocycles. The van der Waals surface area contributed by atoms with Gasteiger partial charge in [-0.1, -0.05) is 51.1 Å². The highest BCUT2D eigenvalue weighted by Gasteiger charge is 2.37.